The van der Waals surface area contributed by atoms with E-state index in [0.717, 1.165) is 11.3 Å². The minimum absolute atomic E-state index is 0.529. The van der Waals surface area contributed by atoms with Gasteiger partial charge in [-0.05, 0) is 25.5 Å². The predicted octanol–water partition coefficient (Wildman–Crippen LogP) is 2.47. The lowest BCUT2D eigenvalue weighted by molar-refractivity contribution is 0.456. The maximum Gasteiger partial charge on any atom is 0.222 e. The summed E-state index contributed by atoms with van der Waals surface area (Å²) in [6.07, 6.45) is 1.67. The van der Waals surface area contributed by atoms with E-state index >= 15 is 0 Å². The standard InChI is InChI=1S/C12H13N3O/c1-8-3-4-10(13)7-11(8)16-12-5-6-14-9(2)15-12/h3-7H,13H2,1-2H3. The topological polar surface area (TPSA) is 61.0 Å². The van der Waals surface area contributed by atoms with E-state index in [1.807, 2.05) is 26.0 Å². The molecule has 0 aliphatic rings. The van der Waals surface area contributed by atoms with Gasteiger partial charge in [0, 0.05) is 24.0 Å². The Kier molecular flexibility index (Phi) is 2.72. The fourth-order valence-corrected chi connectivity index (χ4v) is 1.33. The molecule has 4 heteroatoms. The van der Waals surface area contributed by atoms with Gasteiger partial charge >= 0.3 is 0 Å². The Labute approximate surface area is 94.1 Å². The third-order valence-electron chi connectivity index (χ3n) is 2.18. The lowest BCUT2D eigenvalue weighted by Crippen LogP contribution is -1.94. The molecule has 0 fully saturated rings. The molecule has 0 aliphatic heterocycles. The van der Waals surface area contributed by atoms with Crippen LogP contribution in [0, 0.1) is 13.8 Å². The summed E-state index contributed by atoms with van der Waals surface area (Å²) < 4.78 is 5.64. The van der Waals surface area contributed by atoms with Crippen LogP contribution in [-0.4, -0.2) is 9.97 Å². The highest BCUT2D eigenvalue weighted by Gasteiger charge is 2.03. The molecule has 0 atom stereocenters. The van der Waals surface area contributed by atoms with Crippen LogP contribution in [0.4, 0.5) is 5.69 Å². The smallest absolute Gasteiger partial charge is 0.222 e. The van der Waals surface area contributed by atoms with Crippen LogP contribution in [0.15, 0.2) is 30.5 Å². The summed E-state index contributed by atoms with van der Waals surface area (Å²) in [5.74, 6) is 1.93. The lowest BCUT2D eigenvalue weighted by atomic mass is 10.2. The first-order valence-electron chi connectivity index (χ1n) is 4.99. The molecule has 0 aliphatic carbocycles. The number of nitrogens with zero attached hydrogens (tertiary/aromatic N) is 2. The third kappa shape index (κ3) is 2.28. The zero-order chi connectivity index (χ0) is 11.5. The maximum atomic E-state index is 5.70. The maximum absolute atomic E-state index is 5.70. The molecule has 4 nitrogen and oxygen atoms in total. The van der Waals surface area contributed by atoms with Crippen LogP contribution in [0.2, 0.25) is 0 Å². The third-order valence-corrected chi connectivity index (χ3v) is 2.18. The van der Waals surface area contributed by atoms with Crippen LogP contribution in [-0.2, 0) is 0 Å². The van der Waals surface area contributed by atoms with Crippen molar-refractivity contribution in [3.05, 3.63) is 41.9 Å². The van der Waals surface area contributed by atoms with Gasteiger partial charge in [-0.3, -0.25) is 0 Å². The van der Waals surface area contributed by atoms with Gasteiger partial charge < -0.3 is 10.5 Å². The molecule has 1 aromatic heterocycles. The molecule has 2 aromatic rings. The number of benzene rings is 1. The number of aromatic nitrogens is 2. The Morgan fingerprint density at radius 3 is 2.75 bits per heavy atom. The molecule has 1 heterocycles. The number of nitrogen functional groups attached to an aromatic ring is 1. The zero-order valence-corrected chi connectivity index (χ0v) is 9.27. The van der Waals surface area contributed by atoms with Crippen LogP contribution in [0.1, 0.15) is 11.4 Å². The van der Waals surface area contributed by atoms with E-state index in [4.69, 9.17) is 10.5 Å². The number of hydrogen-bond acceptors (Lipinski definition) is 4. The summed E-state index contributed by atoms with van der Waals surface area (Å²) in [7, 11) is 0. The quantitative estimate of drug-likeness (QED) is 0.782. The highest BCUT2D eigenvalue weighted by Crippen LogP contribution is 2.25. The summed E-state index contributed by atoms with van der Waals surface area (Å²) in [6.45, 7) is 3.78. The summed E-state index contributed by atoms with van der Waals surface area (Å²) in [6, 6.07) is 7.26. The second-order valence-corrected chi connectivity index (χ2v) is 3.57. The van der Waals surface area contributed by atoms with Crippen molar-refractivity contribution in [1.82, 2.24) is 9.97 Å². The molecule has 82 valence electrons. The first kappa shape index (κ1) is 10.4. The molecule has 0 unspecified atom stereocenters. The normalized spacial score (nSPS) is 10.1. The molecule has 0 radical (unpaired) electrons. The van der Waals surface area contributed by atoms with Crippen molar-refractivity contribution >= 4 is 5.69 Å². The number of nitrogens with two attached hydrogens (primary N) is 1. The number of anilines is 1. The molecular weight excluding hydrogens is 202 g/mol. The highest BCUT2D eigenvalue weighted by atomic mass is 16.5. The number of rotatable bonds is 2. The van der Waals surface area contributed by atoms with Crippen LogP contribution in [0.3, 0.4) is 0 Å². The molecule has 0 spiro atoms. The van der Waals surface area contributed by atoms with Crippen molar-refractivity contribution < 1.29 is 4.74 Å². The van der Waals surface area contributed by atoms with Gasteiger partial charge in [-0.15, -0.1) is 0 Å². The molecule has 0 amide bonds. The molecule has 0 saturated heterocycles. The van der Waals surface area contributed by atoms with E-state index < -0.39 is 0 Å². The predicted molar refractivity (Wildman–Crippen MR) is 62.4 cm³/mol. The van der Waals surface area contributed by atoms with Crippen molar-refractivity contribution in [3.8, 4) is 11.6 Å². The summed E-state index contributed by atoms with van der Waals surface area (Å²) >= 11 is 0. The average Bonchev–Trinajstić information content (AvgIpc) is 2.24. The van der Waals surface area contributed by atoms with E-state index in [1.54, 1.807) is 18.3 Å². The second-order valence-electron chi connectivity index (χ2n) is 3.57. The van der Waals surface area contributed by atoms with Crippen molar-refractivity contribution in [2.45, 2.75) is 13.8 Å². The summed E-state index contributed by atoms with van der Waals surface area (Å²) in [5.41, 5.74) is 7.39. The fraction of sp³-hybridized carbons (Fsp3) is 0.167. The zero-order valence-electron chi connectivity index (χ0n) is 9.27. The first-order valence-corrected chi connectivity index (χ1v) is 4.99. The summed E-state index contributed by atoms with van der Waals surface area (Å²) in [5, 5.41) is 0. The molecule has 1 aromatic carbocycles. The Balaban J connectivity index is 2.30. The molecule has 0 bridgehead atoms. The van der Waals surface area contributed by atoms with Crippen LogP contribution >= 0.6 is 0 Å². The van der Waals surface area contributed by atoms with Gasteiger partial charge in [0.15, 0.2) is 0 Å². The van der Waals surface area contributed by atoms with Gasteiger partial charge in [0.05, 0.1) is 0 Å². The molecule has 16 heavy (non-hydrogen) atoms. The Morgan fingerprint density at radius 1 is 1.19 bits per heavy atom. The summed E-state index contributed by atoms with van der Waals surface area (Å²) in [4.78, 5) is 8.17. The van der Waals surface area contributed by atoms with Crippen LogP contribution in [0.25, 0.3) is 0 Å². The fourth-order valence-electron chi connectivity index (χ4n) is 1.33. The molecular formula is C12H13N3O. The molecule has 0 saturated carbocycles. The van der Waals surface area contributed by atoms with Crippen molar-refractivity contribution in [3.63, 3.8) is 0 Å². The Bertz CT molecular complexity index is 511. The van der Waals surface area contributed by atoms with Gasteiger partial charge in [-0.25, -0.2) is 4.98 Å². The highest BCUT2D eigenvalue weighted by molar-refractivity contribution is 5.48. The van der Waals surface area contributed by atoms with Crippen LogP contribution in [0.5, 0.6) is 11.6 Å². The largest absolute Gasteiger partial charge is 0.439 e. The first-order chi connectivity index (χ1) is 7.65. The van der Waals surface area contributed by atoms with E-state index in [2.05, 4.69) is 9.97 Å². The number of hydrogen-bond donors (Lipinski definition) is 1. The van der Waals surface area contributed by atoms with E-state index in [-0.39, 0.29) is 0 Å². The van der Waals surface area contributed by atoms with Crippen LogP contribution < -0.4 is 10.5 Å². The van der Waals surface area contributed by atoms with Gasteiger partial charge in [-0.1, -0.05) is 6.07 Å². The number of aryl methyl sites for hydroxylation is 2. The SMILES string of the molecule is Cc1nccc(Oc2cc(N)ccc2C)n1. The van der Waals surface area contributed by atoms with Gasteiger partial charge in [0.25, 0.3) is 0 Å². The minimum atomic E-state index is 0.529. The van der Waals surface area contributed by atoms with Crippen molar-refractivity contribution in [2.24, 2.45) is 0 Å². The van der Waals surface area contributed by atoms with E-state index in [1.165, 1.54) is 0 Å². The van der Waals surface area contributed by atoms with Gasteiger partial charge in [-0.2, -0.15) is 4.98 Å². The molecule has 2 N–H and O–H groups in total. The minimum Gasteiger partial charge on any atom is -0.439 e. The average molecular weight is 215 g/mol. The van der Waals surface area contributed by atoms with Crippen molar-refractivity contribution in [2.75, 3.05) is 5.73 Å². The number of ether oxygens (including phenoxy) is 1. The second kappa shape index (κ2) is 4.18. The van der Waals surface area contributed by atoms with E-state index in [0.29, 0.717) is 17.4 Å². The van der Waals surface area contributed by atoms with Gasteiger partial charge in [0.1, 0.15) is 11.6 Å². The monoisotopic (exact) mass is 215 g/mol. The lowest BCUT2D eigenvalue weighted by Gasteiger charge is -2.08. The van der Waals surface area contributed by atoms with Gasteiger partial charge in [0.2, 0.25) is 5.88 Å². The van der Waals surface area contributed by atoms with E-state index in [9.17, 15) is 0 Å². The Hall–Kier alpha value is -2.10. The molecule has 2 rings (SSSR count). The van der Waals surface area contributed by atoms with Crippen molar-refractivity contribution in [1.29, 1.82) is 0 Å². The Morgan fingerprint density at radius 2 is 2.00 bits per heavy atom.